The first kappa shape index (κ1) is 17.5. The number of aliphatic hydroxyl groups is 1. The van der Waals surface area contributed by atoms with Gasteiger partial charge in [0.25, 0.3) is 5.91 Å². The summed E-state index contributed by atoms with van der Waals surface area (Å²) in [6.45, 7) is 7.50. The van der Waals surface area contributed by atoms with Crippen LogP contribution in [0.4, 0.5) is 5.82 Å². The van der Waals surface area contributed by atoms with E-state index < -0.39 is 0 Å². The summed E-state index contributed by atoms with van der Waals surface area (Å²) in [6.07, 6.45) is 0.484. The Kier molecular flexibility index (Phi) is 5.11. The Morgan fingerprint density at radius 2 is 1.96 bits per heavy atom. The zero-order valence-electron chi connectivity index (χ0n) is 14.2. The maximum Gasteiger partial charge on any atom is 0.279 e. The zero-order chi connectivity index (χ0) is 18.0. The van der Waals surface area contributed by atoms with Crippen LogP contribution in [0.15, 0.2) is 42.7 Å². The third kappa shape index (κ3) is 3.15. The number of benzene rings is 1. The number of carbonyl (C=O) groups excluding carboxylic acids is 1. The molecule has 1 N–H and O–H groups in total. The molecule has 2 aromatic rings. The van der Waals surface area contributed by atoms with E-state index in [2.05, 4.69) is 11.6 Å². The van der Waals surface area contributed by atoms with Crippen LogP contribution in [0.25, 0.3) is 0 Å². The number of fused-ring (bicyclic) bond motifs is 1. The van der Waals surface area contributed by atoms with Gasteiger partial charge < -0.3 is 14.6 Å². The van der Waals surface area contributed by atoms with Crippen molar-refractivity contribution in [2.24, 2.45) is 0 Å². The molecule has 0 bridgehead atoms. The number of halogens is 1. The smallest absolute Gasteiger partial charge is 0.279 e. The van der Waals surface area contributed by atoms with Crippen LogP contribution in [-0.2, 0) is 6.54 Å². The van der Waals surface area contributed by atoms with Crippen molar-refractivity contribution >= 4 is 23.3 Å². The van der Waals surface area contributed by atoms with Crippen LogP contribution >= 0.6 is 11.6 Å². The lowest BCUT2D eigenvalue weighted by atomic mass is 10.2. The van der Waals surface area contributed by atoms with Crippen LogP contribution in [0.1, 0.15) is 29.4 Å². The molecular formula is C18H21ClN4O2. The normalized spacial score (nSPS) is 14.2. The Bertz CT molecular complexity index is 788. The van der Waals surface area contributed by atoms with Gasteiger partial charge in [-0.3, -0.25) is 9.69 Å². The van der Waals surface area contributed by atoms with Crippen molar-refractivity contribution in [1.29, 1.82) is 0 Å². The Hall–Kier alpha value is -2.31. The number of carbonyl (C=O) groups is 1. The second-order valence-electron chi connectivity index (χ2n) is 5.82. The quantitative estimate of drug-likeness (QED) is 0.860. The summed E-state index contributed by atoms with van der Waals surface area (Å²) >= 11 is 6.36. The minimum absolute atomic E-state index is 0.0140. The summed E-state index contributed by atoms with van der Waals surface area (Å²) < 4.78 is 1.73. The summed E-state index contributed by atoms with van der Waals surface area (Å²) in [4.78, 5) is 20.9. The van der Waals surface area contributed by atoms with Gasteiger partial charge in [0.1, 0.15) is 5.82 Å². The molecule has 0 atom stereocenters. The third-order valence-corrected chi connectivity index (χ3v) is 4.56. The summed E-state index contributed by atoms with van der Waals surface area (Å²) in [6, 6.07) is 9.80. The lowest BCUT2D eigenvalue weighted by Crippen LogP contribution is -2.45. The fourth-order valence-corrected chi connectivity index (χ4v) is 3.25. The molecule has 1 aromatic carbocycles. The number of hydrogen-bond donors (Lipinski definition) is 1. The maximum atomic E-state index is 13.1. The molecule has 0 fully saturated rings. The van der Waals surface area contributed by atoms with Crippen molar-refractivity contribution < 1.29 is 9.90 Å². The highest BCUT2D eigenvalue weighted by atomic mass is 35.5. The molecule has 6 nitrogen and oxygen atoms in total. The molecule has 2 heterocycles. The molecule has 1 aliphatic rings. The van der Waals surface area contributed by atoms with Gasteiger partial charge in [0.2, 0.25) is 5.28 Å². The van der Waals surface area contributed by atoms with Crippen molar-refractivity contribution in [2.45, 2.75) is 19.9 Å². The van der Waals surface area contributed by atoms with Gasteiger partial charge in [0.05, 0.1) is 6.54 Å². The third-order valence-electron chi connectivity index (χ3n) is 4.27. The molecule has 1 aromatic heterocycles. The van der Waals surface area contributed by atoms with Gasteiger partial charge in [-0.05, 0) is 30.5 Å². The van der Waals surface area contributed by atoms with Crippen LogP contribution in [0.3, 0.4) is 0 Å². The number of nitrogens with zero attached hydrogens (tertiary/aromatic N) is 4. The van der Waals surface area contributed by atoms with E-state index in [0.717, 1.165) is 5.56 Å². The fraction of sp³-hybridized carbons (Fsp3) is 0.333. The second-order valence-corrected chi connectivity index (χ2v) is 6.16. The van der Waals surface area contributed by atoms with Crippen molar-refractivity contribution in [3.05, 3.63) is 59.3 Å². The summed E-state index contributed by atoms with van der Waals surface area (Å²) in [5.41, 5.74) is 1.49. The number of anilines is 1. The number of imidazole rings is 1. The number of amides is 1. The predicted molar refractivity (Wildman–Crippen MR) is 97.7 cm³/mol. The highest BCUT2D eigenvalue weighted by Gasteiger charge is 2.37. The van der Waals surface area contributed by atoms with E-state index in [1.807, 2.05) is 42.2 Å². The van der Waals surface area contributed by atoms with Gasteiger partial charge >= 0.3 is 0 Å². The number of rotatable bonds is 6. The van der Waals surface area contributed by atoms with E-state index >= 15 is 0 Å². The highest BCUT2D eigenvalue weighted by Crippen LogP contribution is 2.34. The van der Waals surface area contributed by atoms with Crippen molar-refractivity contribution in [3.63, 3.8) is 0 Å². The molecule has 3 rings (SSSR count). The molecule has 0 radical (unpaired) electrons. The number of hydrogen-bond acceptors (Lipinski definition) is 4. The molecule has 1 aliphatic heterocycles. The van der Waals surface area contributed by atoms with Crippen molar-refractivity contribution in [1.82, 2.24) is 14.5 Å². The molecule has 0 spiro atoms. The summed E-state index contributed by atoms with van der Waals surface area (Å²) in [7, 11) is 0. The summed E-state index contributed by atoms with van der Waals surface area (Å²) in [5, 5.41) is 9.40. The Morgan fingerprint density at radius 1 is 1.24 bits per heavy atom. The second kappa shape index (κ2) is 7.29. The van der Waals surface area contributed by atoms with Gasteiger partial charge in [0.15, 0.2) is 11.5 Å². The predicted octanol–water partition coefficient (Wildman–Crippen LogP) is 2.72. The molecule has 132 valence electrons. The van der Waals surface area contributed by atoms with Gasteiger partial charge in [0, 0.05) is 19.7 Å². The van der Waals surface area contributed by atoms with Crippen LogP contribution in [0.2, 0.25) is 5.28 Å². The van der Waals surface area contributed by atoms with Crippen LogP contribution in [0.5, 0.6) is 0 Å². The largest absolute Gasteiger partial charge is 0.396 e. The average Bonchev–Trinajstić information content (AvgIpc) is 2.92. The zero-order valence-corrected chi connectivity index (χ0v) is 14.9. The molecule has 0 saturated carbocycles. The molecule has 0 saturated heterocycles. The topological polar surface area (TPSA) is 61.6 Å². The van der Waals surface area contributed by atoms with Crippen molar-refractivity contribution in [2.75, 3.05) is 24.6 Å². The molecule has 0 unspecified atom stereocenters. The molecule has 0 aliphatic carbocycles. The number of aromatic nitrogens is 2. The van der Waals surface area contributed by atoms with E-state index in [4.69, 9.17) is 16.7 Å². The van der Waals surface area contributed by atoms with E-state index in [1.54, 1.807) is 9.47 Å². The van der Waals surface area contributed by atoms with Gasteiger partial charge in [-0.2, -0.15) is 4.98 Å². The first-order valence-electron chi connectivity index (χ1n) is 8.27. The first-order chi connectivity index (χ1) is 12.1. The molecule has 25 heavy (non-hydrogen) atoms. The fourth-order valence-electron chi connectivity index (χ4n) is 3.03. The SMILES string of the molecule is C=C1N(CCCO)C(=O)c2c(nc(Cl)n2Cc2ccccc2)N1CC. The lowest BCUT2D eigenvalue weighted by molar-refractivity contribution is 0.0774. The van der Waals surface area contributed by atoms with Gasteiger partial charge in [-0.25, -0.2) is 0 Å². The highest BCUT2D eigenvalue weighted by molar-refractivity contribution is 6.29. The average molecular weight is 361 g/mol. The van der Waals surface area contributed by atoms with Crippen molar-refractivity contribution in [3.8, 4) is 0 Å². The van der Waals surface area contributed by atoms with E-state index in [0.29, 0.717) is 43.4 Å². The van der Waals surface area contributed by atoms with Gasteiger partial charge in [-0.15, -0.1) is 0 Å². The molecule has 7 heteroatoms. The van der Waals surface area contributed by atoms with E-state index in [1.165, 1.54) is 0 Å². The van der Waals surface area contributed by atoms with Crippen LogP contribution in [0, 0.1) is 0 Å². The van der Waals surface area contributed by atoms with Crippen LogP contribution in [-0.4, -0.2) is 45.2 Å². The molecular weight excluding hydrogens is 340 g/mol. The van der Waals surface area contributed by atoms with Gasteiger partial charge in [-0.1, -0.05) is 36.9 Å². The van der Waals surface area contributed by atoms with E-state index in [9.17, 15) is 4.79 Å². The number of aliphatic hydroxyl groups excluding tert-OH is 1. The standard InChI is InChI=1S/C18H21ClN4O2/c1-3-21-13(2)22(10-7-11-24)17(25)15-16(21)20-18(19)23(15)12-14-8-5-4-6-9-14/h4-6,8-9,24H,2-3,7,10-12H2,1H3. The Morgan fingerprint density at radius 3 is 2.60 bits per heavy atom. The lowest BCUT2D eigenvalue weighted by Gasteiger charge is -2.37. The Labute approximate surface area is 151 Å². The monoisotopic (exact) mass is 360 g/mol. The first-order valence-corrected chi connectivity index (χ1v) is 8.65. The Balaban J connectivity index is 2.05. The maximum absolute atomic E-state index is 13.1. The van der Waals surface area contributed by atoms with Crippen LogP contribution < -0.4 is 4.90 Å². The molecule has 1 amide bonds. The minimum Gasteiger partial charge on any atom is -0.396 e. The van der Waals surface area contributed by atoms with E-state index in [-0.39, 0.29) is 17.8 Å². The summed E-state index contributed by atoms with van der Waals surface area (Å²) in [5.74, 6) is 0.918. The minimum atomic E-state index is -0.187.